The van der Waals surface area contributed by atoms with Crippen LogP contribution in [0.4, 0.5) is 0 Å². The Kier molecular flexibility index (Phi) is 26.9. The van der Waals surface area contributed by atoms with Gasteiger partial charge in [0, 0.05) is 57.7 Å². The molecule has 2 heterocycles. The van der Waals surface area contributed by atoms with Crippen molar-refractivity contribution in [2.75, 3.05) is 0 Å². The Morgan fingerprint density at radius 3 is 2.09 bits per heavy atom. The molecule has 2 N–H and O–H groups in total. The van der Waals surface area contributed by atoms with Crippen LogP contribution in [-0.4, -0.2) is 20.5 Å². The van der Waals surface area contributed by atoms with Gasteiger partial charge in [0.05, 0.1) is 0 Å². The van der Waals surface area contributed by atoms with Gasteiger partial charge in [0.1, 0.15) is 5.52 Å². The van der Waals surface area contributed by atoms with E-state index in [1.807, 2.05) is 50.4 Å². The van der Waals surface area contributed by atoms with Crippen molar-refractivity contribution in [1.82, 2.24) is 9.38 Å². The summed E-state index contributed by atoms with van der Waals surface area (Å²) in [5.74, 6) is -0.833. The van der Waals surface area contributed by atoms with E-state index in [2.05, 4.69) is 25.1 Å². The standard InChI is InChI=1S/C9H10N2O.C2H4O2.2C2H6.C2H4.Y/c1-2-7-6-10-9(12)8-4-3-5-11(7)8;1-2(3)4;3*1-2;/h3-6H,2H2,1H3,(H,10,12);1H3,(H,3,4);2*1-2H3;1-2H2;. The maximum atomic E-state index is 11.2. The Labute approximate surface area is 164 Å². The maximum Gasteiger partial charge on any atom is 0.300 e. The molecule has 0 bridgehead atoms. The number of nitrogens with zero attached hydrogens (tertiary/aromatic N) is 1. The third-order valence-corrected chi connectivity index (χ3v) is 2.02. The second-order valence-corrected chi connectivity index (χ2v) is 3.25. The quantitative estimate of drug-likeness (QED) is 0.708. The number of carboxylic acids is 1. The van der Waals surface area contributed by atoms with Gasteiger partial charge in [-0.25, -0.2) is 0 Å². The van der Waals surface area contributed by atoms with Crippen LogP contribution in [0.3, 0.4) is 0 Å². The molecular weight excluding hydrogens is 369 g/mol. The van der Waals surface area contributed by atoms with Gasteiger partial charge in [-0.15, -0.1) is 13.2 Å². The number of aromatic amines is 1. The summed E-state index contributed by atoms with van der Waals surface area (Å²) < 4.78 is 1.92. The molecule has 2 rings (SSSR count). The molecule has 0 aromatic carbocycles. The number of aryl methyl sites for hydroxylation is 1. The number of carboxylic acid groups (broad SMARTS) is 1. The third kappa shape index (κ3) is 13.0. The summed E-state index contributed by atoms with van der Waals surface area (Å²) in [5.41, 5.74) is 1.81. The summed E-state index contributed by atoms with van der Waals surface area (Å²) in [6, 6.07) is 3.70. The van der Waals surface area contributed by atoms with Gasteiger partial charge >= 0.3 is 0 Å². The fourth-order valence-corrected chi connectivity index (χ4v) is 1.38. The van der Waals surface area contributed by atoms with Crippen LogP contribution in [0.15, 0.2) is 42.5 Å². The first-order chi connectivity index (χ1) is 10.6. The van der Waals surface area contributed by atoms with Gasteiger partial charge in [-0.1, -0.05) is 34.6 Å². The van der Waals surface area contributed by atoms with Gasteiger partial charge in [0.2, 0.25) is 0 Å². The number of hydrogen-bond acceptors (Lipinski definition) is 2. The molecule has 0 saturated heterocycles. The number of rotatable bonds is 1. The molecule has 0 amide bonds. The molecule has 0 aliphatic carbocycles. The topological polar surface area (TPSA) is 74.6 Å². The van der Waals surface area contributed by atoms with E-state index in [1.165, 1.54) is 0 Å². The number of hydrogen-bond donors (Lipinski definition) is 2. The zero-order valence-electron chi connectivity index (χ0n) is 15.2. The van der Waals surface area contributed by atoms with Gasteiger partial charge < -0.3 is 14.5 Å². The maximum absolute atomic E-state index is 11.2. The van der Waals surface area contributed by atoms with Crippen molar-refractivity contribution in [2.45, 2.75) is 48.0 Å². The van der Waals surface area contributed by atoms with Crippen molar-refractivity contribution in [1.29, 1.82) is 0 Å². The van der Waals surface area contributed by atoms with Crippen LogP contribution in [0.1, 0.15) is 47.2 Å². The molecule has 6 heteroatoms. The van der Waals surface area contributed by atoms with Gasteiger partial charge in [-0.2, -0.15) is 0 Å². The molecule has 2 aromatic heterocycles. The molecule has 0 fully saturated rings. The summed E-state index contributed by atoms with van der Waals surface area (Å²) >= 11 is 0. The van der Waals surface area contributed by atoms with Crippen molar-refractivity contribution in [2.24, 2.45) is 0 Å². The zero-order chi connectivity index (χ0) is 18.1. The zero-order valence-corrected chi connectivity index (χ0v) is 18.1. The molecule has 0 atom stereocenters. The third-order valence-electron chi connectivity index (χ3n) is 2.02. The van der Waals surface area contributed by atoms with Crippen molar-refractivity contribution < 1.29 is 42.6 Å². The molecule has 0 aliphatic rings. The van der Waals surface area contributed by atoms with Crippen molar-refractivity contribution >= 4 is 11.5 Å². The average molecular weight is 399 g/mol. The minimum atomic E-state index is -0.833. The Hall–Kier alpha value is -1.20. The summed E-state index contributed by atoms with van der Waals surface area (Å²) in [7, 11) is 0. The monoisotopic (exact) mass is 399 g/mol. The van der Waals surface area contributed by atoms with Gasteiger partial charge in [-0.05, 0) is 18.6 Å². The largest absolute Gasteiger partial charge is 0.481 e. The van der Waals surface area contributed by atoms with Crippen LogP contribution in [0.2, 0.25) is 0 Å². The van der Waals surface area contributed by atoms with Crippen LogP contribution in [0.5, 0.6) is 0 Å². The first-order valence-corrected chi connectivity index (χ1v) is 7.43. The molecule has 0 spiro atoms. The minimum Gasteiger partial charge on any atom is -0.481 e. The summed E-state index contributed by atoms with van der Waals surface area (Å²) in [6.45, 7) is 17.1. The molecular formula is C17H30N2O3Y. The van der Waals surface area contributed by atoms with E-state index in [4.69, 9.17) is 9.90 Å². The Morgan fingerprint density at radius 2 is 1.70 bits per heavy atom. The smallest absolute Gasteiger partial charge is 0.300 e. The fraction of sp³-hybridized carbons (Fsp3) is 0.412. The SMILES string of the molecule is C=C.CC.CC.CC(=O)O.CCc1c[nH]c(=O)c2cccn12.[Y]. The van der Waals surface area contributed by atoms with Gasteiger partial charge in [0.15, 0.2) is 0 Å². The number of carbonyl (C=O) groups is 1. The van der Waals surface area contributed by atoms with Gasteiger partial charge in [0.25, 0.3) is 11.5 Å². The second-order valence-electron chi connectivity index (χ2n) is 3.25. The molecule has 0 aliphatic heterocycles. The average Bonchev–Trinajstić information content (AvgIpc) is 3.04. The number of aliphatic carboxylic acids is 1. The van der Waals surface area contributed by atoms with E-state index in [-0.39, 0.29) is 38.3 Å². The van der Waals surface area contributed by atoms with Crippen LogP contribution in [-0.2, 0) is 43.9 Å². The Bertz CT molecular complexity index is 558. The Balaban J connectivity index is -0.000000141. The minimum absolute atomic E-state index is 0. The molecule has 0 unspecified atom stereocenters. The van der Waals surface area contributed by atoms with Crippen LogP contribution >= 0.6 is 0 Å². The number of H-pyrrole nitrogens is 1. The van der Waals surface area contributed by atoms with Crippen molar-refractivity contribution in [3.05, 3.63) is 53.7 Å². The second kappa shape index (κ2) is 20.8. The summed E-state index contributed by atoms with van der Waals surface area (Å²) in [5, 5.41) is 7.42. The van der Waals surface area contributed by atoms with E-state index in [9.17, 15) is 4.79 Å². The van der Waals surface area contributed by atoms with Crippen molar-refractivity contribution in [3.8, 4) is 0 Å². The predicted octanol–water partition coefficient (Wildman–Crippen LogP) is 4.13. The molecule has 129 valence electrons. The molecule has 0 saturated carbocycles. The van der Waals surface area contributed by atoms with E-state index >= 15 is 0 Å². The number of fused-ring (bicyclic) bond motifs is 1. The first kappa shape index (κ1) is 29.8. The number of nitrogens with one attached hydrogen (secondary N) is 1. The van der Waals surface area contributed by atoms with Crippen LogP contribution < -0.4 is 5.56 Å². The predicted molar refractivity (Wildman–Crippen MR) is 94.7 cm³/mol. The first-order valence-electron chi connectivity index (χ1n) is 7.43. The fourth-order valence-electron chi connectivity index (χ4n) is 1.38. The Morgan fingerprint density at radius 1 is 1.26 bits per heavy atom. The van der Waals surface area contributed by atoms with E-state index in [1.54, 1.807) is 6.20 Å². The number of aromatic nitrogens is 2. The van der Waals surface area contributed by atoms with Gasteiger partial charge in [-0.3, -0.25) is 9.59 Å². The van der Waals surface area contributed by atoms with Crippen molar-refractivity contribution in [3.63, 3.8) is 0 Å². The summed E-state index contributed by atoms with van der Waals surface area (Å²) in [6.07, 6.45) is 4.58. The normalized spacial score (nSPS) is 7.39. The van der Waals surface area contributed by atoms with Crippen LogP contribution in [0, 0.1) is 0 Å². The van der Waals surface area contributed by atoms with E-state index < -0.39 is 5.97 Å². The molecule has 2 aromatic rings. The molecule has 1 radical (unpaired) electrons. The van der Waals surface area contributed by atoms with E-state index in [0.29, 0.717) is 5.52 Å². The molecule has 23 heavy (non-hydrogen) atoms. The summed E-state index contributed by atoms with van der Waals surface area (Å²) in [4.78, 5) is 22.9. The molecule has 5 nitrogen and oxygen atoms in total. The van der Waals surface area contributed by atoms with E-state index in [0.717, 1.165) is 19.0 Å². The van der Waals surface area contributed by atoms with Crippen LogP contribution in [0.25, 0.3) is 5.52 Å².